The van der Waals surface area contributed by atoms with Crippen LogP contribution in [0.15, 0.2) is 42.5 Å². The Kier molecular flexibility index (Phi) is 4.16. The Hall–Kier alpha value is -2.00. The third-order valence-corrected chi connectivity index (χ3v) is 7.38. The molecular weight excluding hydrogens is 334 g/mol. The molecule has 2 bridgehead atoms. The fourth-order valence-electron chi connectivity index (χ4n) is 6.07. The molecule has 2 aromatic carbocycles. The summed E-state index contributed by atoms with van der Waals surface area (Å²) in [7, 11) is 4.02. The van der Waals surface area contributed by atoms with Gasteiger partial charge in [-0.1, -0.05) is 31.0 Å². The summed E-state index contributed by atoms with van der Waals surface area (Å²) in [4.78, 5) is 2.62. The zero-order chi connectivity index (χ0) is 18.4. The maximum Gasteiger partial charge on any atom is 0.169 e. The predicted molar refractivity (Wildman–Crippen MR) is 108 cm³/mol. The average Bonchev–Trinajstić information content (AvgIpc) is 2.71. The standard InChI is InChI=1S/C24H29NO2/c1-25-14-13-24-12-6-5-7-19(24)21(25)15-17-10-11-18(16-20(17)24)27-23-9-4-3-8-22(23)26-2/h3-4,8-11,16,19,21H,5-7,12-15H2,1-2H3/t19-,21+,24+/m0/s1. The molecule has 3 nitrogen and oxygen atoms in total. The van der Waals surface area contributed by atoms with Crippen molar-refractivity contribution in [1.29, 1.82) is 0 Å². The van der Waals surface area contributed by atoms with E-state index in [0.717, 1.165) is 23.2 Å². The number of methoxy groups -OCH3 is 1. The van der Waals surface area contributed by atoms with Crippen LogP contribution >= 0.6 is 0 Å². The number of para-hydroxylation sites is 2. The summed E-state index contributed by atoms with van der Waals surface area (Å²) in [6.07, 6.45) is 7.95. The van der Waals surface area contributed by atoms with Gasteiger partial charge in [-0.3, -0.25) is 0 Å². The molecule has 3 atom stereocenters. The molecule has 27 heavy (non-hydrogen) atoms. The molecule has 3 aliphatic rings. The Morgan fingerprint density at radius 3 is 2.74 bits per heavy atom. The molecule has 142 valence electrons. The SMILES string of the molecule is COc1ccccc1Oc1ccc2c(c1)[C@@]13CCCC[C@H]1[C@@H](C2)N(C)CC3. The topological polar surface area (TPSA) is 21.7 Å². The van der Waals surface area contributed by atoms with Crippen LogP contribution in [0.1, 0.15) is 43.2 Å². The lowest BCUT2D eigenvalue weighted by Crippen LogP contribution is -2.59. The van der Waals surface area contributed by atoms with Crippen LogP contribution in [0, 0.1) is 5.92 Å². The third kappa shape index (κ3) is 2.67. The lowest BCUT2D eigenvalue weighted by molar-refractivity contribution is 0.00276. The van der Waals surface area contributed by atoms with E-state index in [4.69, 9.17) is 9.47 Å². The van der Waals surface area contributed by atoms with Crippen molar-refractivity contribution in [3.8, 4) is 17.2 Å². The Morgan fingerprint density at radius 2 is 1.89 bits per heavy atom. The molecule has 2 aliphatic carbocycles. The highest BCUT2D eigenvalue weighted by Crippen LogP contribution is 2.56. The molecule has 1 saturated carbocycles. The normalized spacial score (nSPS) is 29.6. The summed E-state index contributed by atoms with van der Waals surface area (Å²) < 4.78 is 11.7. The minimum Gasteiger partial charge on any atom is -0.493 e. The number of nitrogens with zero attached hydrogens (tertiary/aromatic N) is 1. The second-order valence-electron chi connectivity index (χ2n) is 8.58. The molecule has 1 saturated heterocycles. The number of hydrogen-bond acceptors (Lipinski definition) is 3. The lowest BCUT2D eigenvalue weighted by atomic mass is 9.52. The molecular formula is C24H29NO2. The van der Waals surface area contributed by atoms with Gasteiger partial charge in [0, 0.05) is 11.5 Å². The first kappa shape index (κ1) is 17.1. The van der Waals surface area contributed by atoms with Crippen LogP contribution in [-0.2, 0) is 11.8 Å². The van der Waals surface area contributed by atoms with Gasteiger partial charge >= 0.3 is 0 Å². The van der Waals surface area contributed by atoms with Crippen LogP contribution in [0.4, 0.5) is 0 Å². The number of likely N-dealkylation sites (tertiary alicyclic amines) is 1. The second-order valence-corrected chi connectivity index (χ2v) is 8.58. The molecule has 2 aromatic rings. The molecule has 0 aromatic heterocycles. The van der Waals surface area contributed by atoms with Crippen molar-refractivity contribution in [3.63, 3.8) is 0 Å². The first-order valence-corrected chi connectivity index (χ1v) is 10.4. The molecule has 0 N–H and O–H groups in total. The van der Waals surface area contributed by atoms with E-state index in [1.165, 1.54) is 50.6 Å². The van der Waals surface area contributed by atoms with Crippen molar-refractivity contribution < 1.29 is 9.47 Å². The van der Waals surface area contributed by atoms with Gasteiger partial charge in [-0.2, -0.15) is 0 Å². The largest absolute Gasteiger partial charge is 0.493 e. The van der Waals surface area contributed by atoms with Gasteiger partial charge in [0.15, 0.2) is 11.5 Å². The van der Waals surface area contributed by atoms with Crippen molar-refractivity contribution in [3.05, 3.63) is 53.6 Å². The second kappa shape index (κ2) is 6.56. The molecule has 2 fully saturated rings. The summed E-state index contributed by atoms with van der Waals surface area (Å²) in [6, 6.07) is 15.4. The highest BCUT2D eigenvalue weighted by molar-refractivity contribution is 5.48. The zero-order valence-corrected chi connectivity index (χ0v) is 16.4. The highest BCUT2D eigenvalue weighted by Gasteiger charge is 2.53. The zero-order valence-electron chi connectivity index (χ0n) is 16.4. The van der Waals surface area contributed by atoms with Crippen molar-refractivity contribution in [1.82, 2.24) is 4.90 Å². The number of piperidine rings is 1. The van der Waals surface area contributed by atoms with Crippen LogP contribution in [0.2, 0.25) is 0 Å². The van der Waals surface area contributed by atoms with E-state index >= 15 is 0 Å². The van der Waals surface area contributed by atoms with Gasteiger partial charge in [0.2, 0.25) is 0 Å². The number of hydrogen-bond donors (Lipinski definition) is 0. The van der Waals surface area contributed by atoms with Gasteiger partial charge in [-0.05, 0) is 80.6 Å². The fraction of sp³-hybridized carbons (Fsp3) is 0.500. The van der Waals surface area contributed by atoms with E-state index in [2.05, 4.69) is 30.1 Å². The summed E-state index contributed by atoms with van der Waals surface area (Å²) in [5.74, 6) is 3.31. The quantitative estimate of drug-likeness (QED) is 0.750. The minimum atomic E-state index is 0.364. The lowest BCUT2D eigenvalue weighted by Gasteiger charge is -2.58. The van der Waals surface area contributed by atoms with Crippen LogP contribution in [-0.4, -0.2) is 31.6 Å². The van der Waals surface area contributed by atoms with Crippen molar-refractivity contribution in [2.75, 3.05) is 20.7 Å². The Labute approximate surface area is 162 Å². The molecule has 0 unspecified atom stereocenters. The number of fused-ring (bicyclic) bond motifs is 1. The maximum atomic E-state index is 6.27. The van der Waals surface area contributed by atoms with Crippen molar-refractivity contribution in [2.45, 2.75) is 50.0 Å². The van der Waals surface area contributed by atoms with Gasteiger partial charge < -0.3 is 14.4 Å². The first-order chi connectivity index (χ1) is 13.2. The smallest absolute Gasteiger partial charge is 0.169 e. The Bertz CT molecular complexity index is 848. The maximum absolute atomic E-state index is 6.27. The number of likely N-dealkylation sites (N-methyl/N-ethyl adjacent to an activating group) is 1. The van der Waals surface area contributed by atoms with Crippen molar-refractivity contribution >= 4 is 0 Å². The summed E-state index contributed by atoms with van der Waals surface area (Å²) in [6.45, 7) is 1.22. The Morgan fingerprint density at radius 1 is 1.04 bits per heavy atom. The van der Waals surface area contributed by atoms with E-state index in [1.54, 1.807) is 12.7 Å². The number of rotatable bonds is 3. The van der Waals surface area contributed by atoms with E-state index in [-0.39, 0.29) is 0 Å². The van der Waals surface area contributed by atoms with Gasteiger partial charge in [0.25, 0.3) is 0 Å². The van der Waals surface area contributed by atoms with E-state index in [9.17, 15) is 0 Å². The molecule has 3 heteroatoms. The van der Waals surface area contributed by atoms with Gasteiger partial charge in [0.05, 0.1) is 7.11 Å². The molecule has 0 spiro atoms. The first-order valence-electron chi connectivity index (χ1n) is 10.4. The Balaban J connectivity index is 1.55. The van der Waals surface area contributed by atoms with Crippen LogP contribution in [0.5, 0.6) is 17.2 Å². The van der Waals surface area contributed by atoms with Gasteiger partial charge in [-0.25, -0.2) is 0 Å². The third-order valence-electron chi connectivity index (χ3n) is 7.38. The van der Waals surface area contributed by atoms with E-state index in [1.807, 2.05) is 24.3 Å². The molecule has 0 radical (unpaired) electrons. The molecule has 0 amide bonds. The summed E-state index contributed by atoms with van der Waals surface area (Å²) >= 11 is 0. The van der Waals surface area contributed by atoms with E-state index in [0.29, 0.717) is 11.5 Å². The average molecular weight is 364 g/mol. The minimum absolute atomic E-state index is 0.364. The van der Waals surface area contributed by atoms with Crippen LogP contribution in [0.25, 0.3) is 0 Å². The summed E-state index contributed by atoms with van der Waals surface area (Å²) in [5, 5.41) is 0. The fourth-order valence-corrected chi connectivity index (χ4v) is 6.07. The summed E-state index contributed by atoms with van der Waals surface area (Å²) in [5.41, 5.74) is 3.48. The van der Waals surface area contributed by atoms with Crippen LogP contribution < -0.4 is 9.47 Å². The number of ether oxygens (including phenoxy) is 2. The predicted octanol–water partition coefficient (Wildman–Crippen LogP) is 5.18. The highest BCUT2D eigenvalue weighted by atomic mass is 16.5. The molecule has 1 heterocycles. The number of benzene rings is 2. The van der Waals surface area contributed by atoms with E-state index < -0.39 is 0 Å². The van der Waals surface area contributed by atoms with Gasteiger partial charge in [-0.15, -0.1) is 0 Å². The molecule has 1 aliphatic heterocycles. The van der Waals surface area contributed by atoms with Gasteiger partial charge in [0.1, 0.15) is 5.75 Å². The molecule has 5 rings (SSSR count). The van der Waals surface area contributed by atoms with Crippen molar-refractivity contribution in [2.24, 2.45) is 5.92 Å². The van der Waals surface area contributed by atoms with Crippen LogP contribution in [0.3, 0.4) is 0 Å². The monoisotopic (exact) mass is 363 g/mol.